The molecule has 0 aromatic rings. The number of aliphatic hydroxyl groups is 1. The zero-order chi connectivity index (χ0) is 11.0. The van der Waals surface area contributed by atoms with Gasteiger partial charge in [-0.3, -0.25) is 0 Å². The van der Waals surface area contributed by atoms with Crippen LogP contribution in [0.2, 0.25) is 0 Å². The summed E-state index contributed by atoms with van der Waals surface area (Å²) in [5.74, 6) is 0. The Morgan fingerprint density at radius 1 is 1.29 bits per heavy atom. The second kappa shape index (κ2) is 6.62. The van der Waals surface area contributed by atoms with Crippen LogP contribution in [-0.2, 0) is 9.47 Å². The van der Waals surface area contributed by atoms with Crippen LogP contribution in [0, 0.1) is 0 Å². The Morgan fingerprint density at radius 3 is 2.43 bits per heavy atom. The predicted molar refractivity (Wildman–Crippen MR) is 52.1 cm³/mol. The summed E-state index contributed by atoms with van der Waals surface area (Å²) in [5, 5.41) is 11.0. The molecule has 0 aliphatic rings. The number of rotatable bonds is 5. The maximum absolute atomic E-state index is 11.1. The lowest BCUT2D eigenvalue weighted by Gasteiger charge is -2.19. The van der Waals surface area contributed by atoms with Crippen LogP contribution in [0.25, 0.3) is 0 Å². The smallest absolute Gasteiger partial charge is 0.407 e. The molecule has 0 atom stereocenters. The van der Waals surface area contributed by atoms with Gasteiger partial charge in [-0.2, -0.15) is 0 Å². The van der Waals surface area contributed by atoms with Crippen molar-refractivity contribution < 1.29 is 19.4 Å². The van der Waals surface area contributed by atoms with Crippen LogP contribution in [0.1, 0.15) is 20.8 Å². The molecular weight excluding hydrogens is 186 g/mol. The van der Waals surface area contributed by atoms with Crippen molar-refractivity contribution in [2.45, 2.75) is 26.3 Å². The Bertz CT molecular complexity index is 165. The van der Waals surface area contributed by atoms with E-state index >= 15 is 0 Å². The van der Waals surface area contributed by atoms with Crippen molar-refractivity contribution in [3.8, 4) is 0 Å². The molecule has 0 aliphatic carbocycles. The topological polar surface area (TPSA) is 67.8 Å². The average molecular weight is 205 g/mol. The van der Waals surface area contributed by atoms with Crippen molar-refractivity contribution in [3.05, 3.63) is 0 Å². The van der Waals surface area contributed by atoms with Gasteiger partial charge in [0.25, 0.3) is 0 Å². The molecule has 0 aliphatic heterocycles. The van der Waals surface area contributed by atoms with E-state index < -0.39 is 6.09 Å². The first kappa shape index (κ1) is 13.2. The molecule has 0 saturated carbocycles. The third kappa shape index (κ3) is 9.28. The van der Waals surface area contributed by atoms with E-state index in [1.807, 2.05) is 20.8 Å². The minimum absolute atomic E-state index is 0.0197. The first-order valence-corrected chi connectivity index (χ1v) is 4.59. The Labute approximate surface area is 84.4 Å². The maximum atomic E-state index is 11.1. The summed E-state index contributed by atoms with van der Waals surface area (Å²) in [4.78, 5) is 11.1. The molecule has 0 saturated heterocycles. The van der Waals surface area contributed by atoms with Crippen LogP contribution >= 0.6 is 0 Å². The van der Waals surface area contributed by atoms with Crippen molar-refractivity contribution in [3.63, 3.8) is 0 Å². The van der Waals surface area contributed by atoms with Crippen molar-refractivity contribution in [2.24, 2.45) is 0 Å². The highest BCUT2D eigenvalue weighted by atomic mass is 16.6. The number of carbonyl (C=O) groups excluding carboxylic acids is 1. The number of ether oxygens (including phenoxy) is 2. The van der Waals surface area contributed by atoms with Crippen LogP contribution in [0.4, 0.5) is 4.79 Å². The maximum Gasteiger partial charge on any atom is 0.407 e. The average Bonchev–Trinajstić information content (AvgIpc) is 2.00. The fourth-order valence-electron chi connectivity index (χ4n) is 0.702. The van der Waals surface area contributed by atoms with Gasteiger partial charge in [0.2, 0.25) is 0 Å². The van der Waals surface area contributed by atoms with E-state index in [1.165, 1.54) is 0 Å². The van der Waals surface area contributed by atoms with Gasteiger partial charge in [0.05, 0.1) is 19.8 Å². The standard InChI is InChI=1S/C9H19NO4/c1-9(2,3)10-8(12)14-7-6-13-5-4-11/h11H,4-7H2,1-3H3,(H,10,12). The molecule has 0 heterocycles. The lowest BCUT2D eigenvalue weighted by molar-refractivity contribution is 0.0520. The fraction of sp³-hybridized carbons (Fsp3) is 0.889. The molecular formula is C9H19NO4. The molecule has 0 aromatic heterocycles. The van der Waals surface area contributed by atoms with Crippen molar-refractivity contribution in [1.82, 2.24) is 5.32 Å². The largest absolute Gasteiger partial charge is 0.447 e. The van der Waals surface area contributed by atoms with E-state index in [2.05, 4.69) is 5.32 Å². The lowest BCUT2D eigenvalue weighted by atomic mass is 10.1. The molecule has 5 nitrogen and oxygen atoms in total. The van der Waals surface area contributed by atoms with Gasteiger partial charge in [-0.15, -0.1) is 0 Å². The predicted octanol–water partition coefficient (Wildman–Crippen LogP) is 0.520. The highest BCUT2D eigenvalue weighted by Crippen LogP contribution is 1.98. The number of hydrogen-bond acceptors (Lipinski definition) is 4. The van der Waals surface area contributed by atoms with Crippen LogP contribution in [0.15, 0.2) is 0 Å². The third-order valence-corrected chi connectivity index (χ3v) is 1.17. The molecule has 0 fully saturated rings. The quantitative estimate of drug-likeness (QED) is 0.642. The van der Waals surface area contributed by atoms with Crippen LogP contribution in [0.3, 0.4) is 0 Å². The minimum atomic E-state index is -0.454. The molecule has 0 aromatic carbocycles. The monoisotopic (exact) mass is 205 g/mol. The van der Waals surface area contributed by atoms with Gasteiger partial charge in [0, 0.05) is 5.54 Å². The highest BCUT2D eigenvalue weighted by molar-refractivity contribution is 5.67. The molecule has 0 radical (unpaired) electrons. The second-order valence-electron chi connectivity index (χ2n) is 3.85. The Morgan fingerprint density at radius 2 is 1.93 bits per heavy atom. The molecule has 84 valence electrons. The Balaban J connectivity index is 3.36. The summed E-state index contributed by atoms with van der Waals surface area (Å²) in [6, 6.07) is 0. The first-order chi connectivity index (χ1) is 6.45. The van der Waals surface area contributed by atoms with Crippen LogP contribution in [0.5, 0.6) is 0 Å². The Kier molecular flexibility index (Phi) is 6.23. The zero-order valence-corrected chi connectivity index (χ0v) is 9.00. The summed E-state index contributed by atoms with van der Waals surface area (Å²) >= 11 is 0. The molecule has 1 amide bonds. The van der Waals surface area contributed by atoms with Gasteiger partial charge in [0.1, 0.15) is 6.61 Å². The van der Waals surface area contributed by atoms with E-state index in [0.29, 0.717) is 6.61 Å². The number of hydrogen-bond donors (Lipinski definition) is 2. The molecule has 0 bridgehead atoms. The summed E-state index contributed by atoms with van der Waals surface area (Å²) in [6.45, 7) is 6.36. The van der Waals surface area contributed by atoms with Gasteiger partial charge in [-0.1, -0.05) is 0 Å². The van der Waals surface area contributed by atoms with Crippen LogP contribution in [-0.4, -0.2) is 43.2 Å². The van der Waals surface area contributed by atoms with Crippen LogP contribution < -0.4 is 5.32 Å². The molecule has 0 spiro atoms. The molecule has 2 N–H and O–H groups in total. The summed E-state index contributed by atoms with van der Waals surface area (Å²) < 4.78 is 9.72. The van der Waals surface area contributed by atoms with Gasteiger partial charge < -0.3 is 19.9 Å². The van der Waals surface area contributed by atoms with Gasteiger partial charge in [0.15, 0.2) is 0 Å². The Hall–Kier alpha value is -0.810. The van der Waals surface area contributed by atoms with E-state index in [4.69, 9.17) is 14.6 Å². The summed E-state index contributed by atoms with van der Waals surface area (Å²) in [7, 11) is 0. The first-order valence-electron chi connectivity index (χ1n) is 4.59. The van der Waals surface area contributed by atoms with E-state index in [9.17, 15) is 4.79 Å². The minimum Gasteiger partial charge on any atom is -0.447 e. The van der Waals surface area contributed by atoms with Crippen molar-refractivity contribution in [1.29, 1.82) is 0 Å². The number of nitrogens with one attached hydrogen (secondary N) is 1. The number of carbonyl (C=O) groups is 1. The van der Waals surface area contributed by atoms with E-state index in [0.717, 1.165) is 0 Å². The molecule has 14 heavy (non-hydrogen) atoms. The van der Waals surface area contributed by atoms with Gasteiger partial charge in [-0.25, -0.2) is 4.79 Å². The van der Waals surface area contributed by atoms with Crippen molar-refractivity contribution >= 4 is 6.09 Å². The zero-order valence-electron chi connectivity index (χ0n) is 9.00. The van der Waals surface area contributed by atoms with E-state index in [1.54, 1.807) is 0 Å². The highest BCUT2D eigenvalue weighted by Gasteiger charge is 2.13. The molecule has 0 rings (SSSR count). The third-order valence-electron chi connectivity index (χ3n) is 1.17. The number of amides is 1. The normalized spacial score (nSPS) is 11.1. The van der Waals surface area contributed by atoms with Crippen molar-refractivity contribution in [2.75, 3.05) is 26.4 Å². The lowest BCUT2D eigenvalue weighted by Crippen LogP contribution is -2.41. The summed E-state index contributed by atoms with van der Waals surface area (Å²) in [5.41, 5.74) is -0.289. The van der Waals surface area contributed by atoms with E-state index in [-0.39, 0.29) is 25.4 Å². The molecule has 5 heteroatoms. The number of aliphatic hydroxyl groups excluding tert-OH is 1. The SMILES string of the molecule is CC(C)(C)NC(=O)OCCOCCO. The number of alkyl carbamates (subject to hydrolysis) is 1. The van der Waals surface area contributed by atoms with Gasteiger partial charge in [-0.05, 0) is 20.8 Å². The fourth-order valence-corrected chi connectivity index (χ4v) is 0.702. The summed E-state index contributed by atoms with van der Waals surface area (Å²) in [6.07, 6.45) is -0.454. The second-order valence-corrected chi connectivity index (χ2v) is 3.85. The van der Waals surface area contributed by atoms with Gasteiger partial charge >= 0.3 is 6.09 Å². The molecule has 0 unspecified atom stereocenters.